The third-order valence-electron chi connectivity index (χ3n) is 3.19. The van der Waals surface area contributed by atoms with Crippen molar-refractivity contribution in [3.63, 3.8) is 0 Å². The molecule has 0 aromatic heterocycles. The molecule has 13 heavy (non-hydrogen) atoms. The molecule has 0 bridgehead atoms. The normalized spacial score (nSPS) is 20.5. The van der Waals surface area contributed by atoms with E-state index >= 15 is 0 Å². The fraction of sp³-hybridized carbons (Fsp3) is 1.00. The van der Waals surface area contributed by atoms with Gasteiger partial charge in [0.2, 0.25) is 0 Å². The van der Waals surface area contributed by atoms with Gasteiger partial charge >= 0.3 is 0 Å². The van der Waals surface area contributed by atoms with E-state index in [1.54, 1.807) is 0 Å². The van der Waals surface area contributed by atoms with Gasteiger partial charge in [-0.25, -0.2) is 0 Å². The molecular weight excluding hydrogens is 175 g/mol. The first-order chi connectivity index (χ1) is 6.13. The second kappa shape index (κ2) is 5.35. The van der Waals surface area contributed by atoms with Crippen LogP contribution in [-0.4, -0.2) is 17.0 Å². The van der Waals surface area contributed by atoms with Crippen molar-refractivity contribution >= 4 is 7.92 Å². The molecule has 0 nitrogen and oxygen atoms in total. The molecule has 0 amide bonds. The van der Waals surface area contributed by atoms with Gasteiger partial charge in [-0.15, -0.1) is 0 Å². The fourth-order valence-electron chi connectivity index (χ4n) is 2.82. The van der Waals surface area contributed by atoms with Gasteiger partial charge in [0, 0.05) is 0 Å². The molecule has 1 fully saturated rings. The van der Waals surface area contributed by atoms with Gasteiger partial charge in [0.25, 0.3) is 0 Å². The summed E-state index contributed by atoms with van der Waals surface area (Å²) in [6.45, 7) is 9.72. The molecule has 0 unspecified atom stereocenters. The standard InChI is InChI=1S/C12H25P/c1-10(2)13(11(3)4)12-8-6-5-7-9-12/h10-12H,5-9H2,1-4H3. The van der Waals surface area contributed by atoms with Crippen LogP contribution in [0.2, 0.25) is 0 Å². The Morgan fingerprint density at radius 2 is 1.31 bits per heavy atom. The van der Waals surface area contributed by atoms with Gasteiger partial charge in [-0.3, -0.25) is 0 Å². The second-order valence-electron chi connectivity index (χ2n) is 4.93. The van der Waals surface area contributed by atoms with Crippen LogP contribution in [0.3, 0.4) is 0 Å². The molecule has 0 spiro atoms. The lowest BCUT2D eigenvalue weighted by Crippen LogP contribution is -2.19. The lowest BCUT2D eigenvalue weighted by molar-refractivity contribution is 0.507. The molecule has 1 rings (SSSR count). The minimum Gasteiger partial charge on any atom is -0.0983 e. The predicted molar refractivity (Wildman–Crippen MR) is 64.1 cm³/mol. The average molecular weight is 200 g/mol. The van der Waals surface area contributed by atoms with Gasteiger partial charge in [-0.05, 0) is 29.8 Å². The van der Waals surface area contributed by atoms with E-state index in [0.29, 0.717) is 7.92 Å². The Balaban J connectivity index is 2.52. The summed E-state index contributed by atoms with van der Waals surface area (Å²) in [5.74, 6) is 0. The van der Waals surface area contributed by atoms with Gasteiger partial charge < -0.3 is 0 Å². The first-order valence-corrected chi connectivity index (χ1v) is 7.45. The summed E-state index contributed by atoms with van der Waals surface area (Å²) in [5, 5.41) is 0. The quantitative estimate of drug-likeness (QED) is 0.583. The molecule has 1 aliphatic rings. The zero-order valence-electron chi connectivity index (χ0n) is 9.71. The lowest BCUT2D eigenvalue weighted by atomic mass is 10.0. The first-order valence-electron chi connectivity index (χ1n) is 5.90. The Bertz CT molecular complexity index is 126. The molecule has 0 aromatic carbocycles. The van der Waals surface area contributed by atoms with E-state index in [1.165, 1.54) is 32.1 Å². The molecule has 0 N–H and O–H groups in total. The highest BCUT2D eigenvalue weighted by molar-refractivity contribution is 7.59. The molecular formula is C12H25P. The lowest BCUT2D eigenvalue weighted by Gasteiger charge is -2.36. The summed E-state index contributed by atoms with van der Waals surface area (Å²) in [7, 11) is 0.303. The van der Waals surface area contributed by atoms with Crippen molar-refractivity contribution in [2.24, 2.45) is 0 Å². The first kappa shape index (κ1) is 11.5. The van der Waals surface area contributed by atoms with E-state index < -0.39 is 0 Å². The monoisotopic (exact) mass is 200 g/mol. The molecule has 0 aromatic rings. The smallest absolute Gasteiger partial charge is 0.0205 e. The van der Waals surface area contributed by atoms with E-state index in [-0.39, 0.29) is 0 Å². The van der Waals surface area contributed by atoms with Crippen LogP contribution in [0, 0.1) is 0 Å². The fourth-order valence-corrected chi connectivity index (χ4v) is 6.66. The summed E-state index contributed by atoms with van der Waals surface area (Å²) < 4.78 is 0. The minimum atomic E-state index is 0.303. The molecule has 0 saturated heterocycles. The van der Waals surface area contributed by atoms with Gasteiger partial charge in [0.15, 0.2) is 0 Å². The van der Waals surface area contributed by atoms with Crippen LogP contribution in [0.5, 0.6) is 0 Å². The molecule has 1 aliphatic carbocycles. The molecule has 1 heteroatoms. The predicted octanol–water partition coefficient (Wildman–Crippen LogP) is 4.62. The summed E-state index contributed by atoms with van der Waals surface area (Å²) in [4.78, 5) is 0. The van der Waals surface area contributed by atoms with E-state index in [0.717, 1.165) is 17.0 Å². The summed E-state index contributed by atoms with van der Waals surface area (Å²) in [6, 6.07) is 0. The molecule has 78 valence electrons. The van der Waals surface area contributed by atoms with Crippen LogP contribution in [0.4, 0.5) is 0 Å². The van der Waals surface area contributed by atoms with E-state index in [1.807, 2.05) is 0 Å². The van der Waals surface area contributed by atoms with Crippen LogP contribution in [0.1, 0.15) is 59.8 Å². The maximum atomic E-state index is 2.43. The van der Waals surface area contributed by atoms with Crippen molar-refractivity contribution in [1.29, 1.82) is 0 Å². The number of rotatable bonds is 3. The van der Waals surface area contributed by atoms with Crippen LogP contribution in [-0.2, 0) is 0 Å². The van der Waals surface area contributed by atoms with Crippen molar-refractivity contribution in [2.75, 3.05) is 0 Å². The van der Waals surface area contributed by atoms with Crippen LogP contribution in [0.25, 0.3) is 0 Å². The van der Waals surface area contributed by atoms with Gasteiger partial charge in [0.1, 0.15) is 0 Å². The van der Waals surface area contributed by atoms with Crippen molar-refractivity contribution < 1.29 is 0 Å². The largest absolute Gasteiger partial charge is 0.0983 e. The van der Waals surface area contributed by atoms with Crippen LogP contribution >= 0.6 is 7.92 Å². The Morgan fingerprint density at radius 3 is 1.69 bits per heavy atom. The van der Waals surface area contributed by atoms with E-state index in [2.05, 4.69) is 27.7 Å². The van der Waals surface area contributed by atoms with E-state index in [4.69, 9.17) is 0 Å². The Labute approximate surface area is 85.2 Å². The van der Waals surface area contributed by atoms with Crippen molar-refractivity contribution in [1.82, 2.24) is 0 Å². The zero-order valence-corrected chi connectivity index (χ0v) is 10.6. The summed E-state index contributed by atoms with van der Waals surface area (Å²) >= 11 is 0. The highest BCUT2D eigenvalue weighted by Gasteiger charge is 2.27. The van der Waals surface area contributed by atoms with Crippen molar-refractivity contribution in [3.05, 3.63) is 0 Å². The van der Waals surface area contributed by atoms with Crippen molar-refractivity contribution in [2.45, 2.75) is 76.8 Å². The Morgan fingerprint density at radius 1 is 0.846 bits per heavy atom. The number of hydrogen-bond acceptors (Lipinski definition) is 0. The van der Waals surface area contributed by atoms with Gasteiger partial charge in [-0.2, -0.15) is 0 Å². The second-order valence-corrected chi connectivity index (χ2v) is 8.62. The zero-order chi connectivity index (χ0) is 9.84. The summed E-state index contributed by atoms with van der Waals surface area (Å²) in [6.07, 6.45) is 7.56. The van der Waals surface area contributed by atoms with Crippen molar-refractivity contribution in [3.8, 4) is 0 Å². The average Bonchev–Trinajstić information content (AvgIpc) is 2.04. The molecule has 0 atom stereocenters. The highest BCUT2D eigenvalue weighted by atomic mass is 31.1. The molecule has 0 aliphatic heterocycles. The summed E-state index contributed by atoms with van der Waals surface area (Å²) in [5.41, 5.74) is 2.99. The Kier molecular flexibility index (Phi) is 4.73. The minimum absolute atomic E-state index is 0.303. The maximum absolute atomic E-state index is 2.43. The maximum Gasteiger partial charge on any atom is -0.0205 e. The Hall–Kier alpha value is 0.430. The highest BCUT2D eigenvalue weighted by Crippen LogP contribution is 2.54. The molecule has 0 heterocycles. The topological polar surface area (TPSA) is 0 Å². The molecule has 1 saturated carbocycles. The van der Waals surface area contributed by atoms with Gasteiger partial charge in [-0.1, -0.05) is 54.9 Å². The third-order valence-corrected chi connectivity index (χ3v) is 6.93. The number of hydrogen-bond donors (Lipinski definition) is 0. The van der Waals surface area contributed by atoms with Gasteiger partial charge in [0.05, 0.1) is 0 Å². The van der Waals surface area contributed by atoms with Crippen LogP contribution < -0.4 is 0 Å². The molecule has 0 radical (unpaired) electrons. The SMILES string of the molecule is CC(C)P(C(C)C)C1CCCCC1. The third kappa shape index (κ3) is 3.24. The van der Waals surface area contributed by atoms with E-state index in [9.17, 15) is 0 Å². The van der Waals surface area contributed by atoms with Crippen LogP contribution in [0.15, 0.2) is 0 Å².